The summed E-state index contributed by atoms with van der Waals surface area (Å²) in [5.41, 5.74) is 3.94. The summed E-state index contributed by atoms with van der Waals surface area (Å²) >= 11 is 0. The Morgan fingerprint density at radius 3 is 2.61 bits per heavy atom. The first kappa shape index (κ1) is 25.4. The molecule has 38 heavy (non-hydrogen) atoms. The van der Waals surface area contributed by atoms with Crippen LogP contribution in [0.5, 0.6) is 5.75 Å². The Kier molecular flexibility index (Phi) is 7.92. The van der Waals surface area contributed by atoms with Crippen LogP contribution in [0.3, 0.4) is 0 Å². The van der Waals surface area contributed by atoms with Crippen LogP contribution in [0.25, 0.3) is 10.9 Å². The SMILES string of the molecule is Cc1ccc(NC(=O)c2ccc3ncccc3c2)cc1NC(=O)c1cccc(OCCN2CCOCC2)c1. The first-order chi connectivity index (χ1) is 18.5. The quantitative estimate of drug-likeness (QED) is 0.355. The summed E-state index contributed by atoms with van der Waals surface area (Å²) in [7, 11) is 0. The van der Waals surface area contributed by atoms with Crippen LogP contribution in [-0.4, -0.2) is 61.2 Å². The number of amides is 2. The van der Waals surface area contributed by atoms with E-state index >= 15 is 0 Å². The predicted octanol–water partition coefficient (Wildman–Crippen LogP) is 4.76. The second kappa shape index (κ2) is 11.9. The molecule has 0 spiro atoms. The van der Waals surface area contributed by atoms with Gasteiger partial charge in [-0.25, -0.2) is 0 Å². The zero-order valence-electron chi connectivity index (χ0n) is 21.3. The van der Waals surface area contributed by atoms with Crippen molar-refractivity contribution in [2.24, 2.45) is 0 Å². The lowest BCUT2D eigenvalue weighted by Crippen LogP contribution is -2.38. The van der Waals surface area contributed by atoms with E-state index in [1.807, 2.05) is 55.5 Å². The van der Waals surface area contributed by atoms with Crippen LogP contribution in [0.2, 0.25) is 0 Å². The number of fused-ring (bicyclic) bond motifs is 1. The van der Waals surface area contributed by atoms with Gasteiger partial charge < -0.3 is 20.1 Å². The molecule has 0 saturated carbocycles. The molecule has 1 aliphatic heterocycles. The summed E-state index contributed by atoms with van der Waals surface area (Å²) in [4.78, 5) is 32.5. The van der Waals surface area contributed by atoms with E-state index in [4.69, 9.17) is 9.47 Å². The third-order valence-corrected chi connectivity index (χ3v) is 6.49. The summed E-state index contributed by atoms with van der Waals surface area (Å²) in [6, 6.07) is 21.7. The average Bonchev–Trinajstić information content (AvgIpc) is 2.95. The number of nitrogens with one attached hydrogen (secondary N) is 2. The molecule has 3 aromatic carbocycles. The summed E-state index contributed by atoms with van der Waals surface area (Å²) in [6.07, 6.45) is 1.72. The van der Waals surface area contributed by atoms with Crippen molar-refractivity contribution in [1.82, 2.24) is 9.88 Å². The van der Waals surface area contributed by atoms with Gasteiger partial charge in [-0.15, -0.1) is 0 Å². The normalized spacial score (nSPS) is 13.7. The molecule has 4 aromatic rings. The Hall–Kier alpha value is -4.27. The van der Waals surface area contributed by atoms with Gasteiger partial charge in [-0.2, -0.15) is 0 Å². The number of carbonyl (C=O) groups excluding carboxylic acids is 2. The fraction of sp³-hybridized carbons (Fsp3) is 0.233. The lowest BCUT2D eigenvalue weighted by Gasteiger charge is -2.26. The summed E-state index contributed by atoms with van der Waals surface area (Å²) in [6.45, 7) is 6.58. The molecule has 194 valence electrons. The minimum atomic E-state index is -0.253. The molecule has 2 heterocycles. The van der Waals surface area contributed by atoms with E-state index in [0.717, 1.165) is 49.3 Å². The van der Waals surface area contributed by atoms with Crippen molar-refractivity contribution < 1.29 is 19.1 Å². The predicted molar refractivity (Wildman–Crippen MR) is 148 cm³/mol. The molecule has 2 amide bonds. The number of anilines is 2. The Morgan fingerprint density at radius 1 is 0.921 bits per heavy atom. The van der Waals surface area contributed by atoms with Crippen molar-refractivity contribution in [3.8, 4) is 5.75 Å². The first-order valence-corrected chi connectivity index (χ1v) is 12.7. The number of pyridine rings is 1. The van der Waals surface area contributed by atoms with Crippen molar-refractivity contribution >= 4 is 34.1 Å². The van der Waals surface area contributed by atoms with E-state index in [9.17, 15) is 9.59 Å². The van der Waals surface area contributed by atoms with Crippen LogP contribution < -0.4 is 15.4 Å². The molecule has 5 rings (SSSR count). The Labute approximate surface area is 221 Å². The number of carbonyl (C=O) groups is 2. The largest absolute Gasteiger partial charge is 0.492 e. The fourth-order valence-electron chi connectivity index (χ4n) is 4.29. The maximum absolute atomic E-state index is 13.0. The maximum atomic E-state index is 13.0. The molecule has 1 saturated heterocycles. The molecule has 0 unspecified atom stereocenters. The highest BCUT2D eigenvalue weighted by Crippen LogP contribution is 2.23. The van der Waals surface area contributed by atoms with Crippen LogP contribution in [0.4, 0.5) is 11.4 Å². The Morgan fingerprint density at radius 2 is 1.74 bits per heavy atom. The van der Waals surface area contributed by atoms with E-state index in [-0.39, 0.29) is 11.8 Å². The van der Waals surface area contributed by atoms with Crippen LogP contribution >= 0.6 is 0 Å². The van der Waals surface area contributed by atoms with Gasteiger partial charge in [0.25, 0.3) is 11.8 Å². The van der Waals surface area contributed by atoms with Gasteiger partial charge in [0.2, 0.25) is 0 Å². The number of hydrogen-bond donors (Lipinski definition) is 2. The van der Waals surface area contributed by atoms with Crippen molar-refractivity contribution in [3.05, 3.63) is 95.7 Å². The molecule has 0 bridgehead atoms. The topological polar surface area (TPSA) is 92.8 Å². The van der Waals surface area contributed by atoms with Crippen LogP contribution in [0.15, 0.2) is 79.0 Å². The van der Waals surface area contributed by atoms with Gasteiger partial charge in [-0.1, -0.05) is 18.2 Å². The van der Waals surface area contributed by atoms with Gasteiger partial charge >= 0.3 is 0 Å². The highest BCUT2D eigenvalue weighted by Gasteiger charge is 2.13. The zero-order chi connectivity index (χ0) is 26.3. The van der Waals surface area contributed by atoms with Crippen molar-refractivity contribution in [2.75, 3.05) is 50.1 Å². The van der Waals surface area contributed by atoms with Crippen LogP contribution in [0, 0.1) is 6.92 Å². The van der Waals surface area contributed by atoms with Crippen LogP contribution in [-0.2, 0) is 4.74 Å². The average molecular weight is 511 g/mol. The van der Waals surface area contributed by atoms with Gasteiger partial charge in [-0.05, 0) is 67.1 Å². The number of rotatable bonds is 8. The van der Waals surface area contributed by atoms with Gasteiger partial charge in [0.15, 0.2) is 0 Å². The van der Waals surface area contributed by atoms with Gasteiger partial charge in [0, 0.05) is 53.7 Å². The van der Waals surface area contributed by atoms with Gasteiger partial charge in [0.05, 0.1) is 18.7 Å². The van der Waals surface area contributed by atoms with E-state index < -0.39 is 0 Å². The van der Waals surface area contributed by atoms with E-state index in [1.165, 1.54) is 0 Å². The monoisotopic (exact) mass is 510 g/mol. The molecule has 1 aromatic heterocycles. The zero-order valence-corrected chi connectivity index (χ0v) is 21.3. The molecule has 1 fully saturated rings. The van der Waals surface area contributed by atoms with Crippen molar-refractivity contribution in [2.45, 2.75) is 6.92 Å². The number of nitrogens with zero attached hydrogens (tertiary/aromatic N) is 2. The number of hydrogen-bond acceptors (Lipinski definition) is 6. The fourth-order valence-corrected chi connectivity index (χ4v) is 4.29. The minimum absolute atomic E-state index is 0.237. The summed E-state index contributed by atoms with van der Waals surface area (Å²) in [5.74, 6) is 0.158. The summed E-state index contributed by atoms with van der Waals surface area (Å²) in [5, 5.41) is 6.78. The van der Waals surface area contributed by atoms with Gasteiger partial charge in [-0.3, -0.25) is 19.5 Å². The number of aromatic nitrogens is 1. The Balaban J connectivity index is 1.22. The number of benzene rings is 3. The second-order valence-corrected chi connectivity index (χ2v) is 9.18. The first-order valence-electron chi connectivity index (χ1n) is 12.7. The molecular formula is C30H30N4O4. The molecular weight excluding hydrogens is 480 g/mol. The summed E-state index contributed by atoms with van der Waals surface area (Å²) < 4.78 is 11.3. The highest BCUT2D eigenvalue weighted by atomic mass is 16.5. The molecule has 8 nitrogen and oxygen atoms in total. The van der Waals surface area contributed by atoms with E-state index in [1.54, 1.807) is 30.5 Å². The third-order valence-electron chi connectivity index (χ3n) is 6.49. The Bertz CT molecular complexity index is 1450. The van der Waals surface area contributed by atoms with Crippen molar-refractivity contribution in [3.63, 3.8) is 0 Å². The van der Waals surface area contributed by atoms with Gasteiger partial charge in [0.1, 0.15) is 12.4 Å². The molecule has 0 radical (unpaired) electrons. The van der Waals surface area contributed by atoms with Crippen molar-refractivity contribution in [1.29, 1.82) is 0 Å². The van der Waals surface area contributed by atoms with E-state index in [2.05, 4.69) is 20.5 Å². The maximum Gasteiger partial charge on any atom is 0.255 e. The smallest absolute Gasteiger partial charge is 0.255 e. The number of aryl methyl sites for hydroxylation is 1. The number of ether oxygens (including phenoxy) is 2. The number of morpholine rings is 1. The van der Waals surface area contributed by atoms with Crippen LogP contribution in [0.1, 0.15) is 26.3 Å². The molecule has 0 atom stereocenters. The minimum Gasteiger partial charge on any atom is -0.492 e. The molecule has 1 aliphatic rings. The second-order valence-electron chi connectivity index (χ2n) is 9.18. The lowest BCUT2D eigenvalue weighted by molar-refractivity contribution is 0.0322. The molecule has 0 aliphatic carbocycles. The lowest BCUT2D eigenvalue weighted by atomic mass is 10.1. The standard InChI is InChI=1S/C30H30N4O4/c1-21-7-9-25(32-29(35)24-8-10-27-22(18-24)5-3-11-31-27)20-28(21)33-30(36)23-4-2-6-26(19-23)38-17-14-34-12-15-37-16-13-34/h2-11,18-20H,12-17H2,1H3,(H,32,35)(H,33,36). The third kappa shape index (κ3) is 6.34. The highest BCUT2D eigenvalue weighted by molar-refractivity contribution is 6.07. The van der Waals surface area contributed by atoms with E-state index in [0.29, 0.717) is 34.9 Å². The molecule has 2 N–H and O–H groups in total. The molecule has 8 heteroatoms.